The minimum Gasteiger partial charge on any atom is -0.391 e. The van der Waals surface area contributed by atoms with Crippen LogP contribution in [-0.4, -0.2) is 28.9 Å². The zero-order valence-electron chi connectivity index (χ0n) is 11.3. The van der Waals surface area contributed by atoms with E-state index < -0.39 is 0 Å². The first-order chi connectivity index (χ1) is 9.15. The average molecular weight is 279 g/mol. The van der Waals surface area contributed by atoms with E-state index in [4.69, 9.17) is 0 Å². The quantitative estimate of drug-likeness (QED) is 0.833. The van der Waals surface area contributed by atoms with Gasteiger partial charge >= 0.3 is 0 Å². The highest BCUT2D eigenvalue weighted by molar-refractivity contribution is 8.00. The SMILES string of the molecule is Cc1ccc(SCC(=O)N[C@H]2CCCC[C@@H]2O)cc1. The fourth-order valence-corrected chi connectivity index (χ4v) is 3.02. The maximum Gasteiger partial charge on any atom is 0.230 e. The minimum absolute atomic E-state index is 0.0107. The molecule has 2 rings (SSSR count). The molecule has 0 bridgehead atoms. The van der Waals surface area contributed by atoms with E-state index in [1.165, 1.54) is 17.3 Å². The molecule has 0 spiro atoms. The molecule has 0 heterocycles. The summed E-state index contributed by atoms with van der Waals surface area (Å²) < 4.78 is 0. The number of aliphatic hydroxyl groups excluding tert-OH is 1. The van der Waals surface area contributed by atoms with Gasteiger partial charge in [0.2, 0.25) is 5.91 Å². The van der Waals surface area contributed by atoms with Gasteiger partial charge in [0, 0.05) is 4.90 Å². The highest BCUT2D eigenvalue weighted by Gasteiger charge is 2.24. The molecule has 4 heteroatoms. The van der Waals surface area contributed by atoms with Crippen LogP contribution in [0.1, 0.15) is 31.2 Å². The Balaban J connectivity index is 1.76. The number of hydrogen-bond donors (Lipinski definition) is 2. The monoisotopic (exact) mass is 279 g/mol. The second-order valence-corrected chi connectivity index (χ2v) is 6.18. The van der Waals surface area contributed by atoms with Crippen molar-refractivity contribution in [3.05, 3.63) is 29.8 Å². The molecule has 0 radical (unpaired) electrons. The summed E-state index contributed by atoms with van der Waals surface area (Å²) in [5, 5.41) is 12.8. The van der Waals surface area contributed by atoms with Gasteiger partial charge in [0.15, 0.2) is 0 Å². The summed E-state index contributed by atoms with van der Waals surface area (Å²) in [5.41, 5.74) is 1.22. The van der Waals surface area contributed by atoms with E-state index in [0.717, 1.165) is 30.6 Å². The van der Waals surface area contributed by atoms with Crippen LogP contribution < -0.4 is 5.32 Å². The molecule has 3 nitrogen and oxygen atoms in total. The molecule has 19 heavy (non-hydrogen) atoms. The first kappa shape index (κ1) is 14.4. The van der Waals surface area contributed by atoms with Gasteiger partial charge in [-0.1, -0.05) is 30.5 Å². The van der Waals surface area contributed by atoms with E-state index in [9.17, 15) is 9.90 Å². The van der Waals surface area contributed by atoms with Crippen LogP contribution in [0.3, 0.4) is 0 Å². The summed E-state index contributed by atoms with van der Waals surface area (Å²) in [6, 6.07) is 8.10. The molecule has 1 fully saturated rings. The van der Waals surface area contributed by atoms with E-state index >= 15 is 0 Å². The van der Waals surface area contributed by atoms with E-state index in [0.29, 0.717) is 5.75 Å². The largest absolute Gasteiger partial charge is 0.391 e. The summed E-state index contributed by atoms with van der Waals surface area (Å²) in [6.07, 6.45) is 3.47. The first-order valence-corrected chi connectivity index (χ1v) is 7.80. The van der Waals surface area contributed by atoms with Crippen LogP contribution in [0, 0.1) is 6.92 Å². The van der Waals surface area contributed by atoms with Crippen LogP contribution in [0.4, 0.5) is 0 Å². The van der Waals surface area contributed by atoms with Crippen molar-refractivity contribution in [1.29, 1.82) is 0 Å². The molecule has 0 saturated heterocycles. The summed E-state index contributed by atoms with van der Waals surface area (Å²) in [6.45, 7) is 2.05. The number of nitrogens with one attached hydrogen (secondary N) is 1. The number of aryl methyl sites for hydroxylation is 1. The lowest BCUT2D eigenvalue weighted by Gasteiger charge is -2.28. The van der Waals surface area contributed by atoms with Gasteiger partial charge in [0.25, 0.3) is 0 Å². The average Bonchev–Trinajstić information content (AvgIpc) is 2.41. The standard InChI is InChI=1S/C15H21NO2S/c1-11-6-8-12(9-7-11)19-10-15(18)16-13-4-2-3-5-14(13)17/h6-9,13-14,17H,2-5,10H2,1H3,(H,16,18)/t13-,14-/m0/s1. The topological polar surface area (TPSA) is 49.3 Å². The third-order valence-electron chi connectivity index (χ3n) is 3.47. The summed E-state index contributed by atoms with van der Waals surface area (Å²) >= 11 is 1.53. The Hall–Kier alpha value is -1.00. The van der Waals surface area contributed by atoms with E-state index in [-0.39, 0.29) is 18.1 Å². The predicted molar refractivity (Wildman–Crippen MR) is 78.3 cm³/mol. The molecule has 1 aliphatic rings. The van der Waals surface area contributed by atoms with Crippen molar-refractivity contribution in [3.8, 4) is 0 Å². The van der Waals surface area contributed by atoms with Crippen LogP contribution in [0.15, 0.2) is 29.2 Å². The lowest BCUT2D eigenvalue weighted by atomic mass is 9.93. The van der Waals surface area contributed by atoms with Crippen LogP contribution in [0.2, 0.25) is 0 Å². The van der Waals surface area contributed by atoms with Crippen molar-refractivity contribution in [3.63, 3.8) is 0 Å². The Labute approximate surface area is 118 Å². The number of rotatable bonds is 4. The molecule has 1 aromatic carbocycles. The Kier molecular flexibility index (Phi) is 5.28. The van der Waals surface area contributed by atoms with Gasteiger partial charge in [0.1, 0.15) is 0 Å². The van der Waals surface area contributed by atoms with Crippen molar-refractivity contribution < 1.29 is 9.90 Å². The highest BCUT2D eigenvalue weighted by atomic mass is 32.2. The number of aliphatic hydroxyl groups is 1. The van der Waals surface area contributed by atoms with Crippen LogP contribution in [-0.2, 0) is 4.79 Å². The smallest absolute Gasteiger partial charge is 0.230 e. The predicted octanol–water partition coefficient (Wildman–Crippen LogP) is 2.51. The zero-order chi connectivity index (χ0) is 13.7. The summed E-state index contributed by atoms with van der Waals surface area (Å²) in [7, 11) is 0. The Morgan fingerprint density at radius 3 is 2.68 bits per heavy atom. The Bertz CT molecular complexity index is 419. The normalized spacial score (nSPS) is 23.1. The minimum atomic E-state index is -0.373. The molecule has 1 amide bonds. The van der Waals surface area contributed by atoms with Crippen molar-refractivity contribution >= 4 is 17.7 Å². The lowest BCUT2D eigenvalue weighted by molar-refractivity contribution is -0.120. The van der Waals surface area contributed by atoms with Crippen LogP contribution in [0.5, 0.6) is 0 Å². The highest BCUT2D eigenvalue weighted by Crippen LogP contribution is 2.20. The van der Waals surface area contributed by atoms with Gasteiger partial charge in [-0.3, -0.25) is 4.79 Å². The van der Waals surface area contributed by atoms with E-state index in [1.54, 1.807) is 0 Å². The maximum absolute atomic E-state index is 11.9. The number of benzene rings is 1. The lowest BCUT2D eigenvalue weighted by Crippen LogP contribution is -2.45. The first-order valence-electron chi connectivity index (χ1n) is 6.82. The molecule has 0 unspecified atom stereocenters. The molecule has 1 aliphatic carbocycles. The third-order valence-corrected chi connectivity index (χ3v) is 4.48. The molecule has 2 N–H and O–H groups in total. The number of carbonyl (C=O) groups excluding carboxylic acids is 1. The van der Waals surface area contributed by atoms with Crippen molar-refractivity contribution in [1.82, 2.24) is 5.32 Å². The van der Waals surface area contributed by atoms with Gasteiger partial charge in [0.05, 0.1) is 17.9 Å². The van der Waals surface area contributed by atoms with Crippen LogP contribution in [0.25, 0.3) is 0 Å². The number of carbonyl (C=O) groups is 1. The fourth-order valence-electron chi connectivity index (χ4n) is 2.31. The van der Waals surface area contributed by atoms with Gasteiger partial charge in [-0.2, -0.15) is 0 Å². The molecule has 0 aromatic heterocycles. The summed E-state index contributed by atoms with van der Waals surface area (Å²) in [4.78, 5) is 13.0. The van der Waals surface area contributed by atoms with Gasteiger partial charge in [-0.05, 0) is 31.9 Å². The van der Waals surface area contributed by atoms with Crippen molar-refractivity contribution in [2.45, 2.75) is 49.6 Å². The second-order valence-electron chi connectivity index (χ2n) is 5.13. The molecule has 2 atom stereocenters. The third kappa shape index (κ3) is 4.55. The van der Waals surface area contributed by atoms with Crippen molar-refractivity contribution in [2.75, 3.05) is 5.75 Å². The summed E-state index contributed by atoms with van der Waals surface area (Å²) in [5.74, 6) is 0.420. The molecular formula is C15H21NO2S. The van der Waals surface area contributed by atoms with Gasteiger partial charge in [-0.15, -0.1) is 11.8 Å². The Morgan fingerprint density at radius 2 is 2.00 bits per heavy atom. The van der Waals surface area contributed by atoms with E-state index in [2.05, 4.69) is 5.32 Å². The van der Waals surface area contributed by atoms with E-state index in [1.807, 2.05) is 31.2 Å². The number of hydrogen-bond acceptors (Lipinski definition) is 3. The Morgan fingerprint density at radius 1 is 1.32 bits per heavy atom. The molecular weight excluding hydrogens is 258 g/mol. The second kappa shape index (κ2) is 6.96. The molecule has 1 aromatic rings. The molecule has 1 saturated carbocycles. The van der Waals surface area contributed by atoms with Crippen LogP contribution >= 0.6 is 11.8 Å². The van der Waals surface area contributed by atoms with Gasteiger partial charge < -0.3 is 10.4 Å². The molecule has 104 valence electrons. The van der Waals surface area contributed by atoms with Gasteiger partial charge in [-0.25, -0.2) is 0 Å². The number of amides is 1. The number of thioether (sulfide) groups is 1. The molecule has 0 aliphatic heterocycles. The fraction of sp³-hybridized carbons (Fsp3) is 0.533. The zero-order valence-corrected chi connectivity index (χ0v) is 12.1. The van der Waals surface area contributed by atoms with Crippen molar-refractivity contribution in [2.24, 2.45) is 0 Å². The maximum atomic E-state index is 11.9.